The zero-order chi connectivity index (χ0) is 12.3. The summed E-state index contributed by atoms with van der Waals surface area (Å²) in [6.45, 7) is 3.21. The summed E-state index contributed by atoms with van der Waals surface area (Å²) in [6.07, 6.45) is 4.42. The van der Waals surface area contributed by atoms with Crippen molar-refractivity contribution in [3.8, 4) is 0 Å². The first kappa shape index (κ1) is 12.5. The number of hydrogen-bond acceptors (Lipinski definition) is 1. The number of aryl methyl sites for hydroxylation is 1. The maximum Gasteiger partial charge on any atom is 0.159 e. The van der Waals surface area contributed by atoms with E-state index in [1.165, 1.54) is 25.0 Å². The van der Waals surface area contributed by atoms with E-state index < -0.39 is 11.6 Å². The van der Waals surface area contributed by atoms with Crippen LogP contribution < -0.4 is 5.32 Å². The molecular formula is C14H19F2N. The van der Waals surface area contributed by atoms with Crippen LogP contribution in [-0.2, 0) is 6.42 Å². The Hall–Kier alpha value is -0.960. The number of rotatable bonds is 6. The molecule has 1 unspecified atom stereocenters. The first-order chi connectivity index (χ1) is 8.15. The van der Waals surface area contributed by atoms with Crippen molar-refractivity contribution in [2.75, 3.05) is 6.54 Å². The third kappa shape index (κ3) is 4.08. The standard InChI is InChI=1S/C14H19F2N/c1-10(9-17-12-5-6-12)2-3-11-4-7-13(15)14(16)8-11/h4,7-8,10,12,17H,2-3,5-6,9H2,1H3. The molecule has 1 nitrogen and oxygen atoms in total. The van der Waals surface area contributed by atoms with E-state index in [-0.39, 0.29) is 0 Å². The predicted octanol–water partition coefficient (Wildman–Crippen LogP) is 3.29. The van der Waals surface area contributed by atoms with Gasteiger partial charge in [0.1, 0.15) is 0 Å². The molecule has 0 amide bonds. The highest BCUT2D eigenvalue weighted by Gasteiger charge is 2.20. The number of halogens is 2. The Balaban J connectivity index is 1.73. The first-order valence-corrected chi connectivity index (χ1v) is 6.32. The topological polar surface area (TPSA) is 12.0 Å². The van der Waals surface area contributed by atoms with Crippen molar-refractivity contribution in [1.82, 2.24) is 5.32 Å². The molecule has 1 saturated carbocycles. The summed E-state index contributed by atoms with van der Waals surface area (Å²) < 4.78 is 25.7. The minimum Gasteiger partial charge on any atom is -0.314 e. The lowest BCUT2D eigenvalue weighted by Gasteiger charge is -2.12. The lowest BCUT2D eigenvalue weighted by Crippen LogP contribution is -2.23. The van der Waals surface area contributed by atoms with Crippen molar-refractivity contribution in [2.45, 2.75) is 38.6 Å². The molecule has 1 N–H and O–H groups in total. The van der Waals surface area contributed by atoms with Crippen LogP contribution in [0.2, 0.25) is 0 Å². The van der Waals surface area contributed by atoms with Crippen molar-refractivity contribution in [1.29, 1.82) is 0 Å². The second-order valence-electron chi connectivity index (χ2n) is 5.07. The van der Waals surface area contributed by atoms with Crippen LogP contribution in [0.5, 0.6) is 0 Å². The molecule has 1 aromatic carbocycles. The average Bonchev–Trinajstić information content (AvgIpc) is 3.12. The Morgan fingerprint density at radius 3 is 2.71 bits per heavy atom. The zero-order valence-corrected chi connectivity index (χ0v) is 10.2. The summed E-state index contributed by atoms with van der Waals surface area (Å²) in [5.74, 6) is -0.938. The number of nitrogens with one attached hydrogen (secondary N) is 1. The molecule has 1 atom stereocenters. The largest absolute Gasteiger partial charge is 0.314 e. The smallest absolute Gasteiger partial charge is 0.159 e. The molecule has 0 spiro atoms. The van der Waals surface area contributed by atoms with Crippen molar-refractivity contribution in [2.24, 2.45) is 5.92 Å². The minimum absolute atomic E-state index is 0.573. The molecule has 1 aliphatic rings. The molecule has 2 rings (SSSR count). The van der Waals surface area contributed by atoms with Crippen LogP contribution in [0, 0.1) is 17.6 Å². The highest BCUT2D eigenvalue weighted by atomic mass is 19.2. The van der Waals surface area contributed by atoms with E-state index in [0.717, 1.165) is 31.0 Å². The van der Waals surface area contributed by atoms with Gasteiger partial charge in [0.2, 0.25) is 0 Å². The SMILES string of the molecule is CC(CCc1ccc(F)c(F)c1)CNC1CC1. The molecule has 1 aliphatic carbocycles. The van der Waals surface area contributed by atoms with Crippen LogP contribution in [0.3, 0.4) is 0 Å². The van der Waals surface area contributed by atoms with E-state index in [9.17, 15) is 8.78 Å². The Morgan fingerprint density at radius 2 is 2.06 bits per heavy atom. The van der Waals surface area contributed by atoms with Gasteiger partial charge in [-0.25, -0.2) is 8.78 Å². The molecule has 0 bridgehead atoms. The molecule has 1 fully saturated rings. The van der Waals surface area contributed by atoms with Crippen LogP contribution in [0.4, 0.5) is 8.78 Å². The average molecular weight is 239 g/mol. The molecule has 0 aromatic heterocycles. The van der Waals surface area contributed by atoms with Gasteiger partial charge in [0.25, 0.3) is 0 Å². The molecule has 0 aliphatic heterocycles. The lowest BCUT2D eigenvalue weighted by atomic mass is 10.0. The second-order valence-corrected chi connectivity index (χ2v) is 5.07. The van der Waals surface area contributed by atoms with Crippen LogP contribution >= 0.6 is 0 Å². The van der Waals surface area contributed by atoms with E-state index in [1.807, 2.05) is 0 Å². The Labute approximate surface area is 101 Å². The van der Waals surface area contributed by atoms with E-state index >= 15 is 0 Å². The van der Waals surface area contributed by atoms with Crippen LogP contribution in [0.1, 0.15) is 31.7 Å². The molecule has 1 aromatic rings. The van der Waals surface area contributed by atoms with Crippen molar-refractivity contribution in [3.63, 3.8) is 0 Å². The third-order valence-electron chi connectivity index (χ3n) is 3.24. The van der Waals surface area contributed by atoms with Gasteiger partial charge < -0.3 is 5.32 Å². The predicted molar refractivity (Wildman–Crippen MR) is 64.9 cm³/mol. The lowest BCUT2D eigenvalue weighted by molar-refractivity contribution is 0.476. The molecule has 0 saturated heterocycles. The summed E-state index contributed by atoms with van der Waals surface area (Å²) >= 11 is 0. The highest BCUT2D eigenvalue weighted by molar-refractivity contribution is 5.17. The van der Waals surface area contributed by atoms with Gasteiger partial charge >= 0.3 is 0 Å². The van der Waals surface area contributed by atoms with Crippen molar-refractivity contribution >= 4 is 0 Å². The van der Waals surface area contributed by atoms with Gasteiger partial charge in [-0.05, 0) is 55.8 Å². The van der Waals surface area contributed by atoms with Crippen molar-refractivity contribution < 1.29 is 8.78 Å². The molecule has 3 heteroatoms. The fourth-order valence-electron chi connectivity index (χ4n) is 1.87. The van der Waals surface area contributed by atoms with Gasteiger partial charge in [-0.2, -0.15) is 0 Å². The maximum atomic E-state index is 13.0. The summed E-state index contributed by atoms with van der Waals surface area (Å²) in [4.78, 5) is 0. The summed E-state index contributed by atoms with van der Waals surface area (Å²) in [7, 11) is 0. The normalized spacial score (nSPS) is 17.1. The molecule has 17 heavy (non-hydrogen) atoms. The summed E-state index contributed by atoms with van der Waals surface area (Å²) in [5.41, 5.74) is 0.877. The van der Waals surface area contributed by atoms with Crippen LogP contribution in [-0.4, -0.2) is 12.6 Å². The third-order valence-corrected chi connectivity index (χ3v) is 3.24. The van der Waals surface area contributed by atoms with E-state index in [0.29, 0.717) is 5.92 Å². The Morgan fingerprint density at radius 1 is 1.29 bits per heavy atom. The van der Waals surface area contributed by atoms with Gasteiger partial charge in [0, 0.05) is 6.04 Å². The Bertz CT molecular complexity index is 374. The summed E-state index contributed by atoms with van der Waals surface area (Å²) in [6, 6.07) is 4.91. The molecule has 0 radical (unpaired) electrons. The summed E-state index contributed by atoms with van der Waals surface area (Å²) in [5, 5.41) is 3.48. The fourth-order valence-corrected chi connectivity index (χ4v) is 1.87. The fraction of sp³-hybridized carbons (Fsp3) is 0.571. The van der Waals surface area contributed by atoms with E-state index in [1.54, 1.807) is 6.07 Å². The van der Waals surface area contributed by atoms with Gasteiger partial charge in [-0.3, -0.25) is 0 Å². The number of hydrogen-bond donors (Lipinski definition) is 1. The van der Waals surface area contributed by atoms with Gasteiger partial charge in [-0.1, -0.05) is 13.0 Å². The quantitative estimate of drug-likeness (QED) is 0.803. The molecule has 94 valence electrons. The molecular weight excluding hydrogens is 220 g/mol. The highest BCUT2D eigenvalue weighted by Crippen LogP contribution is 2.19. The van der Waals surface area contributed by atoms with Gasteiger partial charge in [0.15, 0.2) is 11.6 Å². The first-order valence-electron chi connectivity index (χ1n) is 6.32. The molecule has 0 heterocycles. The monoisotopic (exact) mass is 239 g/mol. The second kappa shape index (κ2) is 5.58. The minimum atomic E-state index is -0.766. The van der Waals surface area contributed by atoms with Crippen LogP contribution in [0.25, 0.3) is 0 Å². The Kier molecular flexibility index (Phi) is 4.11. The van der Waals surface area contributed by atoms with Gasteiger partial charge in [-0.15, -0.1) is 0 Å². The van der Waals surface area contributed by atoms with E-state index in [4.69, 9.17) is 0 Å². The maximum absolute atomic E-state index is 13.0. The van der Waals surface area contributed by atoms with Crippen molar-refractivity contribution in [3.05, 3.63) is 35.4 Å². The van der Waals surface area contributed by atoms with Crippen LogP contribution in [0.15, 0.2) is 18.2 Å². The number of benzene rings is 1. The van der Waals surface area contributed by atoms with E-state index in [2.05, 4.69) is 12.2 Å². The van der Waals surface area contributed by atoms with Gasteiger partial charge in [0.05, 0.1) is 0 Å². The zero-order valence-electron chi connectivity index (χ0n) is 10.2.